The molecule has 1 unspecified atom stereocenters. The number of thiol groups is 1. The smallest absolute Gasteiger partial charge is 0.387 e. The number of hydrogen-bond acceptors (Lipinski definition) is 2. The van der Waals surface area contributed by atoms with Crippen LogP contribution < -0.4 is 0 Å². The van der Waals surface area contributed by atoms with Crippen LogP contribution in [0.3, 0.4) is 0 Å². The van der Waals surface area contributed by atoms with Gasteiger partial charge in [0.1, 0.15) is 12.6 Å². The molecule has 0 aromatic heterocycles. The topological polar surface area (TPSA) is 20.2 Å². The van der Waals surface area contributed by atoms with Crippen molar-refractivity contribution in [1.29, 1.82) is 0 Å². The van der Waals surface area contributed by atoms with Gasteiger partial charge in [-0.3, -0.25) is 0 Å². The number of aliphatic hydroxyl groups excluding tert-OH is 1. The highest BCUT2D eigenvalue weighted by atomic mass is 32.1. The normalized spacial score (nSPS) is 17.2. The molecular weight excluding hydrogens is 434 g/mol. The highest BCUT2D eigenvalue weighted by Crippen LogP contribution is 2.61. The monoisotopic (exact) mass is 450 g/mol. The Kier molecular flexibility index (Phi) is 6.89. The molecule has 0 aliphatic rings. The first-order valence-corrected chi connectivity index (χ1v) is 7.27. The molecule has 0 saturated carbocycles. The number of aliphatic hydroxyl groups is 1. The number of nitrogens with zero attached hydrogens (tertiary/aromatic N) is 1. The summed E-state index contributed by atoms with van der Waals surface area (Å²) in [4.78, 5) is 0. The third-order valence-electron chi connectivity index (χ3n) is 3.27. The van der Waals surface area contributed by atoms with Crippen LogP contribution in [0, 0.1) is 0 Å². The molecule has 27 heavy (non-hydrogen) atoms. The van der Waals surface area contributed by atoms with Crippen LogP contribution in [0.25, 0.3) is 0 Å². The molecule has 0 spiro atoms. The van der Waals surface area contributed by atoms with Crippen molar-refractivity contribution in [2.45, 2.75) is 47.4 Å². The van der Waals surface area contributed by atoms with Gasteiger partial charge in [-0.2, -0.15) is 52.7 Å². The van der Waals surface area contributed by atoms with Gasteiger partial charge in [0, 0.05) is 6.42 Å². The molecule has 0 saturated heterocycles. The molecule has 0 aliphatic heterocycles. The fourth-order valence-corrected chi connectivity index (χ4v) is 2.07. The van der Waals surface area contributed by atoms with Crippen molar-refractivity contribution in [3.05, 3.63) is 0 Å². The summed E-state index contributed by atoms with van der Waals surface area (Å²) in [6.07, 6.45) is -4.97. The van der Waals surface area contributed by atoms with E-state index in [0.717, 1.165) is 0 Å². The highest BCUT2D eigenvalue weighted by Gasteiger charge is 2.89. The van der Waals surface area contributed by atoms with E-state index in [9.17, 15) is 57.8 Å². The van der Waals surface area contributed by atoms with Gasteiger partial charge >= 0.3 is 34.9 Å². The van der Waals surface area contributed by atoms with Gasteiger partial charge in [-0.1, -0.05) is 12.6 Å². The summed E-state index contributed by atoms with van der Waals surface area (Å²) >= 11 is 1.66. The van der Waals surface area contributed by atoms with Crippen molar-refractivity contribution in [1.82, 2.24) is 0 Å². The Balaban J connectivity index is 6.01. The number of hydrogen-bond donors (Lipinski definition) is 2. The van der Waals surface area contributed by atoms with E-state index in [4.69, 9.17) is 0 Å². The number of halogens is 12. The highest BCUT2D eigenvalue weighted by molar-refractivity contribution is 7.81. The fraction of sp³-hybridized carbons (Fsp3) is 1.00. The molecule has 1 N–H and O–H groups in total. The maximum Gasteiger partial charge on any atom is 0.387 e. The SMILES string of the molecule is C[N+](C)(C)CC(O)CC(F)(F)C(F)(F)C(F)(F)C(F)(F)C(F)(F)C(F)(F)S. The quantitative estimate of drug-likeness (QED) is 0.308. The molecule has 0 amide bonds. The second-order valence-corrected chi connectivity index (χ2v) is 7.44. The van der Waals surface area contributed by atoms with Gasteiger partial charge in [0.15, 0.2) is 0 Å². The molecular formula is C12H16F12NOS+. The van der Waals surface area contributed by atoms with Crippen LogP contribution in [-0.2, 0) is 0 Å². The van der Waals surface area contributed by atoms with E-state index < -0.39 is 53.9 Å². The van der Waals surface area contributed by atoms with Gasteiger partial charge in [0.05, 0.1) is 21.1 Å². The van der Waals surface area contributed by atoms with E-state index in [1.54, 1.807) is 12.6 Å². The zero-order valence-corrected chi connectivity index (χ0v) is 14.8. The van der Waals surface area contributed by atoms with Gasteiger partial charge in [-0.25, -0.2) is 0 Å². The third kappa shape index (κ3) is 4.71. The van der Waals surface area contributed by atoms with Crippen molar-refractivity contribution < 1.29 is 62.3 Å². The van der Waals surface area contributed by atoms with Crippen molar-refractivity contribution in [3.8, 4) is 0 Å². The summed E-state index contributed by atoms with van der Waals surface area (Å²) in [6, 6.07) is 0. The summed E-state index contributed by atoms with van der Waals surface area (Å²) in [7, 11) is 3.78. The van der Waals surface area contributed by atoms with Gasteiger partial charge in [-0.05, 0) is 0 Å². The Morgan fingerprint density at radius 1 is 0.704 bits per heavy atom. The third-order valence-corrected chi connectivity index (χ3v) is 3.55. The summed E-state index contributed by atoms with van der Waals surface area (Å²) in [5.74, 6) is -35.8. The first-order chi connectivity index (χ1) is 11.4. The minimum Gasteiger partial charge on any atom is -0.387 e. The molecule has 0 radical (unpaired) electrons. The lowest BCUT2D eigenvalue weighted by molar-refractivity contribution is -0.873. The van der Waals surface area contributed by atoms with E-state index in [2.05, 4.69) is 0 Å². The lowest BCUT2D eigenvalue weighted by atomic mass is 9.91. The zero-order valence-electron chi connectivity index (χ0n) is 13.9. The van der Waals surface area contributed by atoms with Crippen LogP contribution in [0.5, 0.6) is 0 Å². The van der Waals surface area contributed by atoms with Crippen LogP contribution in [0.4, 0.5) is 52.7 Å². The standard InChI is InChI=1S/C12H15F12NOS/c1-25(2,3)5-6(26)4-7(13,14)8(15,16)9(17,18)10(19,20)11(21,22)12(23,24)27/h6,26H,4-5H2,1-3H3/p+1. The molecule has 164 valence electrons. The van der Waals surface area contributed by atoms with Gasteiger partial charge < -0.3 is 9.59 Å². The average molecular weight is 450 g/mol. The first-order valence-electron chi connectivity index (χ1n) is 6.83. The van der Waals surface area contributed by atoms with E-state index >= 15 is 0 Å². The minimum atomic E-state index is -7.63. The Hall–Kier alpha value is -0.570. The number of likely N-dealkylation sites (N-methyl/N-ethyl adjacent to an activating group) is 1. The van der Waals surface area contributed by atoms with Crippen LogP contribution in [0.1, 0.15) is 6.42 Å². The molecule has 1 atom stereocenters. The van der Waals surface area contributed by atoms with Crippen molar-refractivity contribution in [3.63, 3.8) is 0 Å². The summed E-state index contributed by atoms with van der Waals surface area (Å²) < 4.78 is 158. The molecule has 0 aliphatic carbocycles. The number of alkyl halides is 12. The largest absolute Gasteiger partial charge is 0.387 e. The van der Waals surface area contributed by atoms with Crippen LogP contribution in [0.2, 0.25) is 0 Å². The van der Waals surface area contributed by atoms with Gasteiger partial charge in [0.2, 0.25) is 0 Å². The van der Waals surface area contributed by atoms with E-state index in [1.165, 1.54) is 21.1 Å². The Morgan fingerprint density at radius 2 is 1.04 bits per heavy atom. The van der Waals surface area contributed by atoms with Crippen molar-refractivity contribution >= 4 is 12.6 Å². The second kappa shape index (κ2) is 7.04. The fourth-order valence-electron chi connectivity index (χ4n) is 1.93. The van der Waals surface area contributed by atoms with Gasteiger partial charge in [-0.15, -0.1) is 0 Å². The van der Waals surface area contributed by atoms with Crippen molar-refractivity contribution in [2.24, 2.45) is 0 Å². The number of quaternary nitrogens is 1. The van der Waals surface area contributed by atoms with Crippen LogP contribution >= 0.6 is 12.6 Å². The minimum absolute atomic E-state index is 0.348. The van der Waals surface area contributed by atoms with E-state index in [1.807, 2.05) is 0 Å². The molecule has 0 bridgehead atoms. The summed E-state index contributed by atoms with van der Waals surface area (Å²) in [6.45, 7) is -0.738. The summed E-state index contributed by atoms with van der Waals surface area (Å²) in [5, 5.41) is 3.06. The predicted octanol–water partition coefficient (Wildman–Crippen LogP) is 4.14. The van der Waals surface area contributed by atoms with Gasteiger partial charge in [0.25, 0.3) is 0 Å². The zero-order chi connectivity index (χ0) is 22.5. The molecule has 0 heterocycles. The lowest BCUT2D eigenvalue weighted by Crippen LogP contribution is -2.70. The molecule has 0 fully saturated rings. The molecule has 15 heteroatoms. The van der Waals surface area contributed by atoms with Crippen LogP contribution in [-0.4, -0.2) is 78.2 Å². The Bertz CT molecular complexity index is 525. The Labute approximate surface area is 151 Å². The first kappa shape index (κ1) is 26.4. The average Bonchev–Trinajstić information content (AvgIpc) is 2.32. The van der Waals surface area contributed by atoms with E-state index in [0.29, 0.717) is 0 Å². The van der Waals surface area contributed by atoms with Crippen LogP contribution in [0.15, 0.2) is 0 Å². The van der Waals surface area contributed by atoms with Crippen molar-refractivity contribution in [2.75, 3.05) is 27.7 Å². The maximum atomic E-state index is 13.6. The van der Waals surface area contributed by atoms with E-state index in [-0.39, 0.29) is 4.48 Å². The molecule has 0 rings (SSSR count). The molecule has 0 aromatic rings. The lowest BCUT2D eigenvalue weighted by Gasteiger charge is -2.41. The second-order valence-electron chi connectivity index (χ2n) is 6.87. The number of rotatable bonds is 9. The molecule has 0 aromatic carbocycles. The Morgan fingerprint density at radius 3 is 1.33 bits per heavy atom. The maximum absolute atomic E-state index is 13.6. The predicted molar refractivity (Wildman–Crippen MR) is 72.2 cm³/mol. The summed E-state index contributed by atoms with van der Waals surface area (Å²) in [5.41, 5.74) is 0. The molecule has 2 nitrogen and oxygen atoms in total.